The topological polar surface area (TPSA) is 56.2 Å². The monoisotopic (exact) mass is 112 g/mol. The highest BCUT2D eigenvalue weighted by Gasteiger charge is 2.01. The zero-order valence-electron chi connectivity index (χ0n) is 4.13. The Kier molecular flexibility index (Phi) is 1.32. The van der Waals surface area contributed by atoms with Gasteiger partial charge in [0, 0.05) is 6.20 Å². The van der Waals surface area contributed by atoms with E-state index in [0.29, 0.717) is 5.69 Å². The van der Waals surface area contributed by atoms with Gasteiger partial charge in [-0.3, -0.25) is 0 Å². The molecular formula is C5H6NO2. The summed E-state index contributed by atoms with van der Waals surface area (Å²) in [7, 11) is 0. The molecule has 0 aromatic carbocycles. The zero-order chi connectivity index (χ0) is 5.98. The van der Waals surface area contributed by atoms with Crippen LogP contribution in [0.1, 0.15) is 5.69 Å². The van der Waals surface area contributed by atoms with Crippen molar-refractivity contribution in [2.45, 2.75) is 0 Å². The second kappa shape index (κ2) is 1.98. The highest BCUT2D eigenvalue weighted by Crippen LogP contribution is 2.02. The average Bonchev–Trinajstić information content (AvgIpc) is 2.12. The van der Waals surface area contributed by atoms with E-state index < -0.39 is 6.29 Å². The summed E-state index contributed by atoms with van der Waals surface area (Å²) in [6.45, 7) is 0. The van der Waals surface area contributed by atoms with Crippen molar-refractivity contribution >= 4 is 0 Å². The summed E-state index contributed by atoms with van der Waals surface area (Å²) in [4.78, 5) is 2.60. The van der Waals surface area contributed by atoms with E-state index in [1.807, 2.05) is 0 Å². The average molecular weight is 112 g/mol. The Morgan fingerprint density at radius 3 is 2.50 bits per heavy atom. The lowest BCUT2D eigenvalue weighted by Gasteiger charge is -1.92. The molecule has 1 rings (SSSR count). The summed E-state index contributed by atoms with van der Waals surface area (Å²) in [6, 6.07) is 3.25. The third kappa shape index (κ3) is 0.882. The van der Waals surface area contributed by atoms with Gasteiger partial charge in [0.2, 0.25) is 0 Å². The molecule has 0 atom stereocenters. The van der Waals surface area contributed by atoms with E-state index in [0.717, 1.165) is 0 Å². The molecule has 0 amide bonds. The molecule has 1 radical (unpaired) electrons. The van der Waals surface area contributed by atoms with Gasteiger partial charge in [0.05, 0.1) is 5.69 Å². The molecule has 0 fully saturated rings. The molecule has 3 N–H and O–H groups in total. The molecule has 3 nitrogen and oxygen atoms in total. The molecule has 0 aliphatic rings. The quantitative estimate of drug-likeness (QED) is 0.498. The van der Waals surface area contributed by atoms with E-state index >= 15 is 0 Å². The minimum atomic E-state index is -0.671. The van der Waals surface area contributed by atoms with Crippen LogP contribution in [0, 0.1) is 6.29 Å². The second-order valence-electron chi connectivity index (χ2n) is 1.41. The summed E-state index contributed by atoms with van der Waals surface area (Å²) in [5.74, 6) is 0. The van der Waals surface area contributed by atoms with E-state index in [-0.39, 0.29) is 0 Å². The third-order valence-electron chi connectivity index (χ3n) is 0.839. The van der Waals surface area contributed by atoms with Crippen LogP contribution in [-0.4, -0.2) is 15.2 Å². The number of aromatic nitrogens is 1. The first-order valence-electron chi connectivity index (χ1n) is 2.19. The lowest BCUT2D eigenvalue weighted by molar-refractivity contribution is 0.107. The summed E-state index contributed by atoms with van der Waals surface area (Å²) in [5.41, 5.74) is 0.338. The molecule has 1 aromatic rings. The predicted molar refractivity (Wildman–Crippen MR) is 27.0 cm³/mol. The maximum absolute atomic E-state index is 8.35. The van der Waals surface area contributed by atoms with Crippen molar-refractivity contribution in [1.29, 1.82) is 0 Å². The molecule has 0 spiro atoms. The number of nitrogens with one attached hydrogen (secondary N) is 1. The van der Waals surface area contributed by atoms with Gasteiger partial charge in [-0.05, 0) is 12.1 Å². The molecule has 0 saturated carbocycles. The molecule has 8 heavy (non-hydrogen) atoms. The predicted octanol–water partition coefficient (Wildman–Crippen LogP) is 0.597. The molecular weight excluding hydrogens is 106 g/mol. The van der Waals surface area contributed by atoms with Crippen molar-refractivity contribution in [3.8, 4) is 0 Å². The number of hydrogen-bond donors (Lipinski definition) is 3. The van der Waals surface area contributed by atoms with Crippen LogP contribution in [0.5, 0.6) is 0 Å². The van der Waals surface area contributed by atoms with Crippen LogP contribution in [0.2, 0.25) is 0 Å². The van der Waals surface area contributed by atoms with Crippen molar-refractivity contribution in [1.82, 2.24) is 4.98 Å². The van der Waals surface area contributed by atoms with Gasteiger partial charge in [0.1, 0.15) is 0 Å². The van der Waals surface area contributed by atoms with Crippen molar-refractivity contribution in [3.05, 3.63) is 30.3 Å². The zero-order valence-corrected chi connectivity index (χ0v) is 4.13. The van der Waals surface area contributed by atoms with Gasteiger partial charge in [-0.2, -0.15) is 0 Å². The van der Waals surface area contributed by atoms with E-state index in [1.165, 1.54) is 0 Å². The van der Waals surface area contributed by atoms with Crippen LogP contribution >= 0.6 is 0 Å². The molecule has 3 heteroatoms. The Bertz CT molecular complexity index is 145. The van der Waals surface area contributed by atoms with Gasteiger partial charge < -0.3 is 15.2 Å². The number of H-pyrrole nitrogens is 1. The molecule has 1 heterocycles. The van der Waals surface area contributed by atoms with Crippen LogP contribution in [0.25, 0.3) is 0 Å². The Morgan fingerprint density at radius 2 is 2.25 bits per heavy atom. The minimum Gasteiger partial charge on any atom is -0.360 e. The van der Waals surface area contributed by atoms with Crippen LogP contribution < -0.4 is 0 Å². The van der Waals surface area contributed by atoms with E-state index in [1.54, 1.807) is 18.3 Å². The molecule has 0 aliphatic carbocycles. The standard InChI is InChI=1S/C5H6NO2/c7-5(8)4-2-1-3-6-4/h1-3,6-8H. The normalized spacial score (nSPS) is 10.4. The fourth-order valence-corrected chi connectivity index (χ4v) is 0.469. The Labute approximate surface area is 46.6 Å². The maximum atomic E-state index is 8.35. The number of aromatic amines is 1. The molecule has 43 valence electrons. The highest BCUT2D eigenvalue weighted by molar-refractivity contribution is 5.12. The molecule has 0 saturated heterocycles. The Morgan fingerprint density at radius 1 is 1.50 bits per heavy atom. The summed E-state index contributed by atoms with van der Waals surface area (Å²) >= 11 is 0. The number of hydrogen-bond acceptors (Lipinski definition) is 2. The van der Waals surface area contributed by atoms with Crippen molar-refractivity contribution < 1.29 is 10.2 Å². The van der Waals surface area contributed by atoms with Gasteiger partial charge in [-0.25, -0.2) is 0 Å². The molecule has 0 bridgehead atoms. The first kappa shape index (κ1) is 5.34. The van der Waals surface area contributed by atoms with Gasteiger partial charge in [-0.1, -0.05) is 0 Å². The first-order valence-corrected chi connectivity index (χ1v) is 2.19. The molecule has 0 aliphatic heterocycles. The number of rotatable bonds is 1. The number of aliphatic hydroxyl groups is 2. The second-order valence-corrected chi connectivity index (χ2v) is 1.41. The van der Waals surface area contributed by atoms with Crippen molar-refractivity contribution in [3.63, 3.8) is 0 Å². The molecule has 1 aromatic heterocycles. The van der Waals surface area contributed by atoms with Crippen LogP contribution in [0.4, 0.5) is 0 Å². The Hall–Kier alpha value is -0.800. The molecule has 0 unspecified atom stereocenters. The maximum Gasteiger partial charge on any atom is 0.267 e. The largest absolute Gasteiger partial charge is 0.360 e. The fourth-order valence-electron chi connectivity index (χ4n) is 0.469. The van der Waals surface area contributed by atoms with E-state index in [9.17, 15) is 0 Å². The van der Waals surface area contributed by atoms with Gasteiger partial charge in [0.15, 0.2) is 0 Å². The van der Waals surface area contributed by atoms with Crippen LogP contribution in [-0.2, 0) is 0 Å². The van der Waals surface area contributed by atoms with Crippen LogP contribution in [0.3, 0.4) is 0 Å². The minimum absolute atomic E-state index is 0.338. The van der Waals surface area contributed by atoms with E-state index in [4.69, 9.17) is 10.2 Å². The SMILES string of the molecule is O[C](O)c1ccc[nH]1. The summed E-state index contributed by atoms with van der Waals surface area (Å²) < 4.78 is 0. The van der Waals surface area contributed by atoms with Crippen molar-refractivity contribution in [2.24, 2.45) is 0 Å². The lowest BCUT2D eigenvalue weighted by atomic mass is 10.4. The van der Waals surface area contributed by atoms with Gasteiger partial charge >= 0.3 is 0 Å². The smallest absolute Gasteiger partial charge is 0.267 e. The summed E-state index contributed by atoms with van der Waals surface area (Å²) in [5, 5.41) is 16.7. The number of aliphatic hydroxyl groups excluding tert-OH is 1. The van der Waals surface area contributed by atoms with Gasteiger partial charge in [0.25, 0.3) is 6.29 Å². The van der Waals surface area contributed by atoms with Crippen LogP contribution in [0.15, 0.2) is 18.3 Å². The first-order chi connectivity index (χ1) is 3.80. The van der Waals surface area contributed by atoms with Crippen molar-refractivity contribution in [2.75, 3.05) is 0 Å². The summed E-state index contributed by atoms with van der Waals surface area (Å²) in [6.07, 6.45) is 0.942. The van der Waals surface area contributed by atoms with Gasteiger partial charge in [-0.15, -0.1) is 0 Å². The highest BCUT2D eigenvalue weighted by atomic mass is 16.5. The lowest BCUT2D eigenvalue weighted by Crippen LogP contribution is -1.94. The van der Waals surface area contributed by atoms with E-state index in [2.05, 4.69) is 4.98 Å². The third-order valence-corrected chi connectivity index (χ3v) is 0.839. The Balaban J connectivity index is 2.77. The fraction of sp³-hybridized carbons (Fsp3) is 0.